The van der Waals surface area contributed by atoms with Gasteiger partial charge in [0.2, 0.25) is 0 Å². The van der Waals surface area contributed by atoms with E-state index in [0.29, 0.717) is 15.0 Å². The van der Waals surface area contributed by atoms with E-state index in [1.165, 1.54) is 42.5 Å². The number of benzene rings is 2. The molecule has 1 heterocycles. The Kier molecular flexibility index (Phi) is 7.02. The van der Waals surface area contributed by atoms with Gasteiger partial charge in [-0.1, -0.05) is 81.7 Å². The number of halogens is 8. The van der Waals surface area contributed by atoms with E-state index in [1.807, 2.05) is 0 Å². The van der Waals surface area contributed by atoms with Crippen molar-refractivity contribution in [2.45, 2.75) is 14.1 Å². The van der Waals surface area contributed by atoms with Crippen molar-refractivity contribution in [1.82, 2.24) is 10.0 Å². The zero-order valence-electron chi connectivity index (χ0n) is 18.5. The summed E-state index contributed by atoms with van der Waals surface area (Å²) in [6, 6.07) is 11.8. The number of ketones is 1. The number of carbonyl (C=O) groups excluding carboxylic acids is 4. The van der Waals surface area contributed by atoms with Crippen LogP contribution in [0.4, 0.5) is 0 Å². The van der Waals surface area contributed by atoms with E-state index in [0.717, 1.165) is 0 Å². The highest BCUT2D eigenvalue weighted by atomic mass is 35.5. The molecule has 1 aliphatic heterocycles. The molecular weight excluding hydrogens is 664 g/mol. The fourth-order valence-electron chi connectivity index (χ4n) is 5.09. The fourth-order valence-corrected chi connectivity index (χ4v) is 8.36. The van der Waals surface area contributed by atoms with E-state index in [9.17, 15) is 19.2 Å². The van der Waals surface area contributed by atoms with Gasteiger partial charge in [-0.15, -0.1) is 23.2 Å². The Hall–Kier alpha value is -1.22. The van der Waals surface area contributed by atoms with Crippen LogP contribution in [0.5, 0.6) is 0 Å². The summed E-state index contributed by atoms with van der Waals surface area (Å²) in [5, 5.41) is 1.04. The van der Waals surface area contributed by atoms with Crippen LogP contribution in [-0.2, 0) is 9.59 Å². The van der Waals surface area contributed by atoms with Crippen molar-refractivity contribution in [1.29, 1.82) is 0 Å². The minimum absolute atomic E-state index is 0.0247. The molecule has 5 rings (SSSR count). The van der Waals surface area contributed by atoms with Crippen molar-refractivity contribution in [3.8, 4) is 0 Å². The third-order valence-corrected chi connectivity index (χ3v) is 11.8. The molecule has 1 saturated heterocycles. The predicted molar refractivity (Wildman–Crippen MR) is 147 cm³/mol. The number of alkyl halides is 4. The van der Waals surface area contributed by atoms with Crippen LogP contribution >= 0.6 is 92.8 Å². The maximum Gasteiger partial charge on any atom is 0.274 e. The molecule has 0 N–H and O–H groups in total. The average molecular weight is 676 g/mol. The number of nitrogens with zero attached hydrogens (tertiary/aromatic N) is 2. The second kappa shape index (κ2) is 9.42. The van der Waals surface area contributed by atoms with Gasteiger partial charge in [-0.2, -0.15) is 5.01 Å². The highest BCUT2D eigenvalue weighted by Crippen LogP contribution is 2.77. The van der Waals surface area contributed by atoms with Crippen LogP contribution < -0.4 is 0 Å². The molecule has 4 atom stereocenters. The number of Topliss-reactive ketones (excluding diaryl/α,β-unsaturated/α-hetero) is 1. The van der Waals surface area contributed by atoms with E-state index in [2.05, 4.69) is 0 Å². The van der Waals surface area contributed by atoms with Crippen molar-refractivity contribution in [2.24, 2.45) is 11.8 Å². The first-order valence-electron chi connectivity index (χ1n) is 10.8. The van der Waals surface area contributed by atoms with Crippen molar-refractivity contribution in [3.05, 3.63) is 79.8 Å². The maximum absolute atomic E-state index is 13.9. The SMILES string of the molecule is O=C(CN(C(=O)c1ccccc1Cl)N1C(=O)[C@@H]2[C@@H](C1=O)[C@@]1(Cl)C(Cl)=C(Cl)[C@@]2(Cl)C1(Cl)Cl)c1ccc(Cl)cc1. The number of hydrogen-bond donors (Lipinski definition) is 0. The lowest BCUT2D eigenvalue weighted by atomic mass is 9.84. The number of allylic oxidation sites excluding steroid dienone is 2. The van der Waals surface area contributed by atoms with E-state index < -0.39 is 56.0 Å². The summed E-state index contributed by atoms with van der Waals surface area (Å²) in [7, 11) is 0. The third-order valence-electron chi connectivity index (χ3n) is 6.93. The van der Waals surface area contributed by atoms with Crippen molar-refractivity contribution in [2.75, 3.05) is 6.54 Å². The Morgan fingerprint density at radius 2 is 1.29 bits per heavy atom. The molecule has 0 spiro atoms. The Bertz CT molecular complexity index is 1420. The molecule has 2 bridgehead atoms. The first-order chi connectivity index (χ1) is 17.7. The summed E-state index contributed by atoms with van der Waals surface area (Å²) in [6.45, 7) is -0.727. The molecule has 3 aliphatic rings. The molecule has 1 saturated carbocycles. The number of fused-ring (bicyclic) bond motifs is 5. The number of amides is 3. The number of imide groups is 1. The van der Waals surface area contributed by atoms with Crippen LogP contribution in [0, 0.1) is 11.8 Å². The van der Waals surface area contributed by atoms with Gasteiger partial charge in [0.25, 0.3) is 17.7 Å². The highest BCUT2D eigenvalue weighted by molar-refractivity contribution is 6.66. The summed E-state index contributed by atoms with van der Waals surface area (Å²) < 4.78 is -2.15. The van der Waals surface area contributed by atoms with Crippen molar-refractivity contribution < 1.29 is 19.2 Å². The van der Waals surface area contributed by atoms with Gasteiger partial charge in [-0.25, -0.2) is 5.01 Å². The maximum atomic E-state index is 13.9. The second-order valence-electron chi connectivity index (χ2n) is 8.84. The van der Waals surface area contributed by atoms with Gasteiger partial charge in [0.15, 0.2) is 10.1 Å². The Labute approximate surface area is 256 Å². The lowest BCUT2D eigenvalue weighted by Gasteiger charge is -2.36. The lowest BCUT2D eigenvalue weighted by molar-refractivity contribution is -0.154. The average Bonchev–Trinajstić information content (AvgIpc) is 3.26. The van der Waals surface area contributed by atoms with Crippen LogP contribution in [0.1, 0.15) is 20.7 Å². The Balaban J connectivity index is 1.61. The number of carbonyl (C=O) groups is 4. The number of rotatable bonds is 5. The van der Waals surface area contributed by atoms with Gasteiger partial charge < -0.3 is 0 Å². The molecule has 14 heteroatoms. The minimum atomic E-state index is -2.15. The first-order valence-corrected chi connectivity index (χ1v) is 13.8. The monoisotopic (exact) mass is 672 g/mol. The van der Waals surface area contributed by atoms with Crippen molar-refractivity contribution in [3.63, 3.8) is 0 Å². The molecule has 3 amide bonds. The van der Waals surface area contributed by atoms with E-state index in [1.54, 1.807) is 6.07 Å². The van der Waals surface area contributed by atoms with E-state index in [4.69, 9.17) is 92.8 Å². The molecule has 2 fully saturated rings. The van der Waals surface area contributed by atoms with Gasteiger partial charge in [-0.3, -0.25) is 19.2 Å². The smallest absolute Gasteiger partial charge is 0.274 e. The van der Waals surface area contributed by atoms with Gasteiger partial charge in [0.05, 0.1) is 32.5 Å². The molecule has 0 radical (unpaired) electrons. The minimum Gasteiger partial charge on any atom is -0.292 e. The number of hydrogen-bond acceptors (Lipinski definition) is 4. The molecule has 2 aliphatic carbocycles. The van der Waals surface area contributed by atoms with Gasteiger partial charge in [-0.05, 0) is 36.4 Å². The van der Waals surface area contributed by atoms with E-state index in [-0.39, 0.29) is 26.2 Å². The molecule has 0 unspecified atom stereocenters. The summed E-state index contributed by atoms with van der Waals surface area (Å²) in [6.07, 6.45) is 0. The summed E-state index contributed by atoms with van der Waals surface area (Å²) in [5.74, 6) is -6.49. The number of hydrazine groups is 1. The lowest BCUT2D eigenvalue weighted by Crippen LogP contribution is -2.56. The molecule has 198 valence electrons. The van der Waals surface area contributed by atoms with Crippen molar-refractivity contribution >= 4 is 116 Å². The topological polar surface area (TPSA) is 74.8 Å². The van der Waals surface area contributed by atoms with Crippen LogP contribution in [-0.4, -0.2) is 54.1 Å². The zero-order chi connectivity index (χ0) is 27.9. The molecular formula is C24H12Cl8N2O4. The summed E-state index contributed by atoms with van der Waals surface area (Å²) in [4.78, 5) is 50.5. The summed E-state index contributed by atoms with van der Waals surface area (Å²) in [5.41, 5.74) is 0.0970. The summed E-state index contributed by atoms with van der Waals surface area (Å²) >= 11 is 51.4. The second-order valence-corrected chi connectivity index (χ2v) is 13.0. The van der Waals surface area contributed by atoms with Crippen LogP contribution in [0.2, 0.25) is 10.0 Å². The highest BCUT2D eigenvalue weighted by Gasteiger charge is 2.88. The largest absolute Gasteiger partial charge is 0.292 e. The fraction of sp³-hybridized carbons (Fsp3) is 0.250. The molecule has 0 aromatic heterocycles. The standard InChI is InChI=1S/C24H12Cl8N2O4/c25-11-7-5-10(6-8-11)14(35)9-33(19(36)12-3-1-2-4-13(12)26)34-20(37)15-16(21(34)38)23(30)18(28)17(27)22(15,29)24(23,31)32/h1-8,15-16H,9H2/t15-,16-,22+,23+/m0/s1. The third kappa shape index (κ3) is 3.55. The zero-order valence-corrected chi connectivity index (χ0v) is 24.6. The van der Waals surface area contributed by atoms with Crippen LogP contribution in [0.15, 0.2) is 58.6 Å². The molecule has 6 nitrogen and oxygen atoms in total. The van der Waals surface area contributed by atoms with Gasteiger partial charge in [0, 0.05) is 10.6 Å². The molecule has 2 aromatic carbocycles. The quantitative estimate of drug-likeness (QED) is 0.201. The molecule has 38 heavy (non-hydrogen) atoms. The predicted octanol–water partition coefficient (Wildman–Crippen LogP) is 6.68. The van der Waals surface area contributed by atoms with Gasteiger partial charge in [0.1, 0.15) is 16.3 Å². The van der Waals surface area contributed by atoms with Gasteiger partial charge >= 0.3 is 0 Å². The van der Waals surface area contributed by atoms with E-state index >= 15 is 0 Å². The Morgan fingerprint density at radius 3 is 1.79 bits per heavy atom. The first kappa shape index (κ1) is 28.3. The van der Waals surface area contributed by atoms with Crippen LogP contribution in [0.25, 0.3) is 0 Å². The normalized spacial score (nSPS) is 29.2. The Morgan fingerprint density at radius 1 is 0.789 bits per heavy atom. The van der Waals surface area contributed by atoms with Crippen LogP contribution in [0.3, 0.4) is 0 Å². The molecule has 2 aromatic rings.